The quantitative estimate of drug-likeness (QED) is 0.799. The van der Waals surface area contributed by atoms with Gasteiger partial charge >= 0.3 is 5.97 Å². The number of sulfonamides is 1. The van der Waals surface area contributed by atoms with E-state index in [0.29, 0.717) is 0 Å². The summed E-state index contributed by atoms with van der Waals surface area (Å²) in [4.78, 5) is 11.3. The first-order valence-corrected chi connectivity index (χ1v) is 6.51. The lowest BCUT2D eigenvalue weighted by atomic mass is 10.3. The smallest absolute Gasteiger partial charge is 0.342 e. The fraction of sp³-hybridized carbons (Fsp3) is 0.375. The van der Waals surface area contributed by atoms with Crippen molar-refractivity contribution in [1.82, 2.24) is 4.72 Å². The zero-order chi connectivity index (χ0) is 12.3. The van der Waals surface area contributed by atoms with Crippen LogP contribution in [0, 0.1) is 0 Å². The van der Waals surface area contributed by atoms with Gasteiger partial charge in [0, 0.05) is 5.38 Å². The molecule has 90 valence electrons. The van der Waals surface area contributed by atoms with Crippen LogP contribution in [-0.2, 0) is 14.8 Å². The van der Waals surface area contributed by atoms with E-state index >= 15 is 0 Å². The van der Waals surface area contributed by atoms with Gasteiger partial charge in [0.25, 0.3) is 10.0 Å². The van der Waals surface area contributed by atoms with Crippen molar-refractivity contribution in [2.24, 2.45) is 0 Å². The first kappa shape index (κ1) is 12.9. The minimum Gasteiger partial charge on any atom is -0.494 e. The third-order valence-corrected chi connectivity index (χ3v) is 4.75. The van der Waals surface area contributed by atoms with Crippen LogP contribution < -0.4 is 9.46 Å². The van der Waals surface area contributed by atoms with E-state index in [2.05, 4.69) is 9.46 Å². The third-order valence-electron chi connectivity index (χ3n) is 1.84. The molecule has 0 saturated heterocycles. The summed E-state index contributed by atoms with van der Waals surface area (Å²) in [5.41, 5.74) is 0.101. The van der Waals surface area contributed by atoms with Gasteiger partial charge in [0.15, 0.2) is 9.96 Å². The monoisotopic (exact) mass is 265 g/mol. The maximum absolute atomic E-state index is 11.6. The van der Waals surface area contributed by atoms with Crippen molar-refractivity contribution in [1.29, 1.82) is 0 Å². The molecule has 6 nitrogen and oxygen atoms in total. The van der Waals surface area contributed by atoms with E-state index in [0.717, 1.165) is 11.3 Å². The lowest BCUT2D eigenvalue weighted by Crippen LogP contribution is -2.18. The Morgan fingerprint density at radius 3 is 2.50 bits per heavy atom. The zero-order valence-electron chi connectivity index (χ0n) is 8.94. The molecule has 0 amide bonds. The highest BCUT2D eigenvalue weighted by molar-refractivity contribution is 7.91. The van der Waals surface area contributed by atoms with Crippen molar-refractivity contribution in [3.05, 3.63) is 10.9 Å². The molecule has 8 heteroatoms. The van der Waals surface area contributed by atoms with Gasteiger partial charge in [0.1, 0.15) is 5.56 Å². The molecule has 0 aliphatic heterocycles. The van der Waals surface area contributed by atoms with Crippen LogP contribution in [0.3, 0.4) is 0 Å². The van der Waals surface area contributed by atoms with Crippen molar-refractivity contribution in [3.8, 4) is 5.75 Å². The predicted octanol–water partition coefficient (Wildman–Crippen LogP) is 0.451. The molecule has 1 N–H and O–H groups in total. The predicted molar refractivity (Wildman–Crippen MR) is 58.5 cm³/mol. The summed E-state index contributed by atoms with van der Waals surface area (Å²) in [5, 5.41) is 1.38. The van der Waals surface area contributed by atoms with Gasteiger partial charge in [-0.2, -0.15) is 0 Å². The van der Waals surface area contributed by atoms with Gasteiger partial charge in [0.2, 0.25) is 0 Å². The molecule has 16 heavy (non-hydrogen) atoms. The Labute approximate surface area is 97.2 Å². The Morgan fingerprint density at radius 2 is 2.06 bits per heavy atom. The van der Waals surface area contributed by atoms with E-state index in [1.807, 2.05) is 0 Å². The molecule has 0 saturated carbocycles. The molecular weight excluding hydrogens is 254 g/mol. The largest absolute Gasteiger partial charge is 0.494 e. The average molecular weight is 265 g/mol. The van der Waals surface area contributed by atoms with Gasteiger partial charge in [0.05, 0.1) is 14.2 Å². The van der Waals surface area contributed by atoms with Crippen molar-refractivity contribution in [2.75, 3.05) is 21.3 Å². The van der Waals surface area contributed by atoms with Crippen molar-refractivity contribution >= 4 is 27.3 Å². The number of ether oxygens (including phenoxy) is 2. The number of hydrogen-bond donors (Lipinski definition) is 1. The van der Waals surface area contributed by atoms with Crippen LogP contribution in [0.4, 0.5) is 0 Å². The fourth-order valence-corrected chi connectivity index (χ4v) is 3.30. The minimum absolute atomic E-state index is 0.00574. The van der Waals surface area contributed by atoms with Crippen LogP contribution in [-0.4, -0.2) is 35.7 Å². The summed E-state index contributed by atoms with van der Waals surface area (Å²) in [7, 11) is 0.167. The highest BCUT2D eigenvalue weighted by Crippen LogP contribution is 2.34. The Kier molecular flexibility index (Phi) is 3.89. The van der Waals surface area contributed by atoms with Crippen LogP contribution in [0.5, 0.6) is 5.75 Å². The normalized spacial score (nSPS) is 11.2. The molecular formula is C8H11NO5S2. The van der Waals surface area contributed by atoms with Crippen LogP contribution in [0.15, 0.2) is 9.59 Å². The molecule has 0 fully saturated rings. The SMILES string of the molecule is CNS(=O)(=O)c1scc(C(=O)OC)c1OC. The van der Waals surface area contributed by atoms with E-state index in [9.17, 15) is 13.2 Å². The number of carbonyl (C=O) groups excluding carboxylic acids is 1. The van der Waals surface area contributed by atoms with Gasteiger partial charge in [-0.15, -0.1) is 11.3 Å². The number of methoxy groups -OCH3 is 2. The Balaban J connectivity index is 3.35. The summed E-state index contributed by atoms with van der Waals surface area (Å²) >= 11 is 0.900. The second kappa shape index (κ2) is 4.81. The lowest BCUT2D eigenvalue weighted by molar-refractivity contribution is 0.0597. The Bertz CT molecular complexity index is 491. The maximum Gasteiger partial charge on any atom is 0.342 e. The zero-order valence-corrected chi connectivity index (χ0v) is 10.6. The standard InChI is InChI=1S/C8H11NO5S2/c1-9-16(11,12)8-6(13-2)5(4-15-8)7(10)14-3/h4,9H,1-3H3. The molecule has 1 aromatic rings. The maximum atomic E-state index is 11.6. The van der Waals surface area contributed by atoms with Crippen molar-refractivity contribution in [2.45, 2.75) is 4.21 Å². The molecule has 0 aliphatic rings. The van der Waals surface area contributed by atoms with E-state index in [1.165, 1.54) is 26.6 Å². The van der Waals surface area contributed by atoms with Crippen LogP contribution in [0.2, 0.25) is 0 Å². The number of carbonyl (C=O) groups is 1. The Morgan fingerprint density at radius 1 is 1.44 bits per heavy atom. The summed E-state index contributed by atoms with van der Waals surface area (Å²) in [6, 6.07) is 0. The van der Waals surface area contributed by atoms with Gasteiger partial charge in [-0.25, -0.2) is 17.9 Å². The number of rotatable bonds is 4. The molecule has 1 aromatic heterocycles. The molecule has 0 spiro atoms. The van der Waals surface area contributed by atoms with Gasteiger partial charge in [-0.3, -0.25) is 0 Å². The molecule has 0 radical (unpaired) electrons. The highest BCUT2D eigenvalue weighted by atomic mass is 32.2. The number of thiophene rings is 1. The minimum atomic E-state index is -3.63. The fourth-order valence-electron chi connectivity index (χ4n) is 1.05. The van der Waals surface area contributed by atoms with Crippen LogP contribution in [0.1, 0.15) is 10.4 Å². The molecule has 0 aliphatic carbocycles. The average Bonchev–Trinajstić information content (AvgIpc) is 2.72. The second-order valence-electron chi connectivity index (χ2n) is 2.67. The van der Waals surface area contributed by atoms with Crippen molar-refractivity contribution < 1.29 is 22.7 Å². The van der Waals surface area contributed by atoms with E-state index in [4.69, 9.17) is 4.74 Å². The van der Waals surface area contributed by atoms with E-state index < -0.39 is 16.0 Å². The molecule has 1 heterocycles. The number of hydrogen-bond acceptors (Lipinski definition) is 6. The van der Waals surface area contributed by atoms with E-state index in [1.54, 1.807) is 0 Å². The lowest BCUT2D eigenvalue weighted by Gasteiger charge is -2.04. The van der Waals surface area contributed by atoms with E-state index in [-0.39, 0.29) is 15.5 Å². The first-order chi connectivity index (χ1) is 7.47. The van der Waals surface area contributed by atoms with Gasteiger partial charge < -0.3 is 9.47 Å². The van der Waals surface area contributed by atoms with Crippen LogP contribution >= 0.6 is 11.3 Å². The summed E-state index contributed by atoms with van der Waals surface area (Å²) in [5.74, 6) is -0.628. The summed E-state index contributed by atoms with van der Waals surface area (Å²) in [6.45, 7) is 0. The Hall–Kier alpha value is -1.12. The molecule has 0 bridgehead atoms. The highest BCUT2D eigenvalue weighted by Gasteiger charge is 2.26. The van der Waals surface area contributed by atoms with Crippen LogP contribution in [0.25, 0.3) is 0 Å². The van der Waals surface area contributed by atoms with Crippen molar-refractivity contribution in [3.63, 3.8) is 0 Å². The van der Waals surface area contributed by atoms with Gasteiger partial charge in [-0.05, 0) is 7.05 Å². The molecule has 0 aromatic carbocycles. The number of nitrogens with one attached hydrogen (secondary N) is 1. The third kappa shape index (κ3) is 2.18. The molecule has 0 unspecified atom stereocenters. The first-order valence-electron chi connectivity index (χ1n) is 4.15. The summed E-state index contributed by atoms with van der Waals surface area (Å²) < 4.78 is 34.7. The summed E-state index contributed by atoms with van der Waals surface area (Å²) in [6.07, 6.45) is 0. The molecule has 1 rings (SSSR count). The molecule has 0 atom stereocenters. The van der Waals surface area contributed by atoms with Gasteiger partial charge in [-0.1, -0.05) is 0 Å². The topological polar surface area (TPSA) is 81.7 Å². The second-order valence-corrected chi connectivity index (χ2v) is 5.63. The number of esters is 1.